The highest BCUT2D eigenvalue weighted by atomic mass is 16.5. The third-order valence-corrected chi connectivity index (χ3v) is 5.19. The molecule has 0 fully saturated rings. The molecule has 0 bridgehead atoms. The molecule has 34 heavy (non-hydrogen) atoms. The molecule has 0 aliphatic carbocycles. The van der Waals surface area contributed by atoms with Gasteiger partial charge in [0.15, 0.2) is 5.69 Å². The lowest BCUT2D eigenvalue weighted by atomic mass is 10.0. The zero-order valence-corrected chi connectivity index (χ0v) is 19.9. The number of nitrogens with zero attached hydrogens (tertiary/aromatic N) is 3. The minimum atomic E-state index is -0.734. The van der Waals surface area contributed by atoms with Crippen LogP contribution in [-0.4, -0.2) is 46.9 Å². The molecule has 0 radical (unpaired) electrons. The van der Waals surface area contributed by atoms with Crippen LogP contribution in [0.2, 0.25) is 0 Å². The first-order chi connectivity index (χ1) is 16.4. The van der Waals surface area contributed by atoms with Gasteiger partial charge in [-0.05, 0) is 48.2 Å². The Morgan fingerprint density at radius 2 is 1.79 bits per heavy atom. The predicted octanol–water partition coefficient (Wildman–Crippen LogP) is 3.98. The van der Waals surface area contributed by atoms with Crippen molar-refractivity contribution < 1.29 is 19.1 Å². The summed E-state index contributed by atoms with van der Waals surface area (Å²) in [5.41, 5.74) is 2.89. The first-order valence-corrected chi connectivity index (χ1v) is 11.1. The number of methoxy groups -OCH3 is 2. The van der Waals surface area contributed by atoms with Gasteiger partial charge in [0.25, 0.3) is 5.91 Å². The van der Waals surface area contributed by atoms with Gasteiger partial charge in [-0.25, -0.2) is 4.79 Å². The van der Waals surface area contributed by atoms with Gasteiger partial charge in [-0.2, -0.15) is 5.10 Å². The van der Waals surface area contributed by atoms with Gasteiger partial charge in [0.2, 0.25) is 0 Å². The topological polar surface area (TPSA) is 95.3 Å². The molecule has 1 amide bonds. The number of rotatable bonds is 10. The Balaban J connectivity index is 1.84. The fraction of sp³-hybridized carbons (Fsp3) is 0.308. The maximum Gasteiger partial charge on any atom is 0.328 e. The highest BCUT2D eigenvalue weighted by Crippen LogP contribution is 2.21. The van der Waals surface area contributed by atoms with E-state index in [1.807, 2.05) is 62.4 Å². The Hall–Kier alpha value is -3.94. The fourth-order valence-corrected chi connectivity index (χ4v) is 3.49. The van der Waals surface area contributed by atoms with Crippen molar-refractivity contribution in [2.75, 3.05) is 14.2 Å². The number of pyridine rings is 1. The number of allylic oxidation sites excluding steroid dienone is 1. The summed E-state index contributed by atoms with van der Waals surface area (Å²) in [6.45, 7) is 4.41. The number of hydrogen-bond donors (Lipinski definition) is 1. The largest absolute Gasteiger partial charge is 0.497 e. The number of hydrogen-bond acceptors (Lipinski definition) is 6. The minimum Gasteiger partial charge on any atom is -0.497 e. The second-order valence-corrected chi connectivity index (χ2v) is 8.19. The van der Waals surface area contributed by atoms with E-state index in [1.165, 1.54) is 7.11 Å². The number of aromatic nitrogens is 3. The molecule has 1 atom stereocenters. The maximum atomic E-state index is 13.0. The van der Waals surface area contributed by atoms with Crippen molar-refractivity contribution in [3.8, 4) is 17.0 Å². The molecule has 0 saturated heterocycles. The molecule has 1 aromatic carbocycles. The van der Waals surface area contributed by atoms with Gasteiger partial charge in [-0.1, -0.05) is 38.1 Å². The van der Waals surface area contributed by atoms with Crippen molar-refractivity contribution in [2.45, 2.75) is 32.9 Å². The van der Waals surface area contributed by atoms with Crippen LogP contribution < -0.4 is 10.1 Å². The second kappa shape index (κ2) is 11.8. The van der Waals surface area contributed by atoms with Crippen molar-refractivity contribution in [3.05, 3.63) is 72.2 Å². The van der Waals surface area contributed by atoms with Gasteiger partial charge < -0.3 is 14.8 Å². The number of carbonyl (C=O) groups excluding carboxylic acids is 2. The maximum absolute atomic E-state index is 13.0. The van der Waals surface area contributed by atoms with E-state index in [9.17, 15) is 9.59 Å². The highest BCUT2D eigenvalue weighted by Gasteiger charge is 2.25. The van der Waals surface area contributed by atoms with E-state index in [-0.39, 0.29) is 11.6 Å². The molecule has 0 spiro atoms. The molecular weight excluding hydrogens is 432 g/mol. The van der Waals surface area contributed by atoms with E-state index < -0.39 is 17.9 Å². The van der Waals surface area contributed by atoms with Gasteiger partial charge in [0.05, 0.1) is 26.5 Å². The van der Waals surface area contributed by atoms with Crippen LogP contribution >= 0.6 is 0 Å². The molecule has 178 valence electrons. The first kappa shape index (κ1) is 24.7. The first-order valence-electron chi connectivity index (χ1n) is 11.1. The Morgan fingerprint density at radius 1 is 1.09 bits per heavy atom. The number of ether oxygens (including phenoxy) is 2. The number of benzene rings is 1. The predicted molar refractivity (Wildman–Crippen MR) is 130 cm³/mol. The Bertz CT molecular complexity index is 1120. The highest BCUT2D eigenvalue weighted by molar-refractivity contribution is 5.96. The minimum absolute atomic E-state index is 0.206. The van der Waals surface area contributed by atoms with Gasteiger partial charge in [-0.15, -0.1) is 0 Å². The summed E-state index contributed by atoms with van der Waals surface area (Å²) in [5, 5.41) is 7.29. The molecule has 0 aliphatic heterocycles. The van der Waals surface area contributed by atoms with Crippen molar-refractivity contribution in [2.24, 2.45) is 5.92 Å². The second-order valence-electron chi connectivity index (χ2n) is 8.19. The summed E-state index contributed by atoms with van der Waals surface area (Å²) in [6, 6.07) is 12.4. The number of amides is 1. The van der Waals surface area contributed by atoms with Crippen LogP contribution in [0, 0.1) is 5.92 Å². The summed E-state index contributed by atoms with van der Waals surface area (Å²) in [5.74, 6) is 0.0995. The number of carbonyl (C=O) groups is 2. The molecule has 2 heterocycles. The van der Waals surface area contributed by atoms with Crippen molar-refractivity contribution >= 4 is 18.0 Å². The molecule has 2 aromatic heterocycles. The van der Waals surface area contributed by atoms with Gasteiger partial charge in [-0.3, -0.25) is 14.5 Å². The van der Waals surface area contributed by atoms with E-state index >= 15 is 0 Å². The smallest absolute Gasteiger partial charge is 0.328 e. The lowest BCUT2D eigenvalue weighted by molar-refractivity contribution is -0.143. The van der Waals surface area contributed by atoms with Crippen LogP contribution in [0.1, 0.15) is 36.3 Å². The van der Waals surface area contributed by atoms with Crippen molar-refractivity contribution in [3.63, 3.8) is 0 Å². The molecule has 3 rings (SSSR count). The summed E-state index contributed by atoms with van der Waals surface area (Å²) >= 11 is 0. The zero-order valence-electron chi connectivity index (χ0n) is 19.9. The van der Waals surface area contributed by atoms with E-state index in [0.29, 0.717) is 13.0 Å². The quantitative estimate of drug-likeness (QED) is 0.458. The van der Waals surface area contributed by atoms with Crippen molar-refractivity contribution in [1.82, 2.24) is 20.1 Å². The van der Waals surface area contributed by atoms with Crippen LogP contribution in [0.4, 0.5) is 0 Å². The van der Waals surface area contributed by atoms with Crippen LogP contribution in [0.3, 0.4) is 0 Å². The summed E-state index contributed by atoms with van der Waals surface area (Å²) in [6.07, 6.45) is 7.80. The molecular formula is C26H30N4O4. The van der Waals surface area contributed by atoms with Gasteiger partial charge in [0, 0.05) is 18.0 Å². The number of esters is 1. The normalized spacial score (nSPS) is 12.0. The van der Waals surface area contributed by atoms with Crippen LogP contribution in [-0.2, 0) is 16.1 Å². The zero-order chi connectivity index (χ0) is 24.5. The molecule has 8 nitrogen and oxygen atoms in total. The standard InChI is InChI=1S/C26H30N4O4/c1-18(2)16-23(26(32)34-4)28-25(31)22-17-24(20-11-13-27-14-12-20)30(29-22)15-5-6-19-7-9-21(33-3)10-8-19/h5-14,17-18,23H,15-16H2,1-4H3,(H,28,31)/t23-/m0/s1. The van der Waals surface area contributed by atoms with Crippen molar-refractivity contribution in [1.29, 1.82) is 0 Å². The molecule has 1 N–H and O–H groups in total. The average Bonchev–Trinajstić information content (AvgIpc) is 3.28. The van der Waals surface area contributed by atoms with Crippen LogP contribution in [0.5, 0.6) is 5.75 Å². The summed E-state index contributed by atoms with van der Waals surface area (Å²) < 4.78 is 11.8. The molecule has 0 unspecified atom stereocenters. The van der Waals surface area contributed by atoms with E-state index in [2.05, 4.69) is 15.4 Å². The Labute approximate surface area is 199 Å². The number of nitrogens with one attached hydrogen (secondary N) is 1. The average molecular weight is 463 g/mol. The SMILES string of the molecule is COC(=O)[C@H](CC(C)C)NC(=O)c1cc(-c2ccncc2)n(CC=Cc2ccc(OC)cc2)n1. The van der Waals surface area contributed by atoms with E-state index in [1.54, 1.807) is 30.3 Å². The molecule has 8 heteroatoms. The van der Waals surface area contributed by atoms with Gasteiger partial charge >= 0.3 is 5.97 Å². The van der Waals surface area contributed by atoms with E-state index in [4.69, 9.17) is 9.47 Å². The van der Waals surface area contributed by atoms with Gasteiger partial charge in [0.1, 0.15) is 11.8 Å². The van der Waals surface area contributed by atoms with E-state index in [0.717, 1.165) is 22.6 Å². The lowest BCUT2D eigenvalue weighted by Crippen LogP contribution is -2.42. The van der Waals surface area contributed by atoms with Crippen LogP contribution in [0.25, 0.3) is 17.3 Å². The molecule has 0 saturated carbocycles. The lowest BCUT2D eigenvalue weighted by Gasteiger charge is -2.17. The third-order valence-electron chi connectivity index (χ3n) is 5.19. The van der Waals surface area contributed by atoms with Crippen LogP contribution in [0.15, 0.2) is 60.9 Å². The molecule has 0 aliphatic rings. The Kier molecular flexibility index (Phi) is 8.56. The molecule has 3 aromatic rings. The summed E-state index contributed by atoms with van der Waals surface area (Å²) in [4.78, 5) is 29.2. The third kappa shape index (κ3) is 6.54. The monoisotopic (exact) mass is 462 g/mol. The Morgan fingerprint density at radius 3 is 2.41 bits per heavy atom. The fourth-order valence-electron chi connectivity index (χ4n) is 3.49. The summed E-state index contributed by atoms with van der Waals surface area (Å²) in [7, 11) is 2.94.